The highest BCUT2D eigenvalue weighted by Crippen LogP contribution is 2.51. The Bertz CT molecular complexity index is 4300. The number of hydrogen-bond acceptors (Lipinski definition) is 3. The molecule has 14 aromatic rings. The van der Waals surface area contributed by atoms with Gasteiger partial charge in [0.2, 0.25) is 0 Å². The van der Waals surface area contributed by atoms with E-state index >= 15 is 0 Å². The number of benzene rings is 11. The zero-order chi connectivity index (χ0) is 49.0. The Morgan fingerprint density at radius 1 is 0.297 bits per heavy atom. The Morgan fingerprint density at radius 2 is 0.730 bits per heavy atom. The first-order chi connectivity index (χ1) is 36.7. The molecule has 0 N–H and O–H groups in total. The van der Waals surface area contributed by atoms with Gasteiger partial charge in [-0.2, -0.15) is 0 Å². The quantitative estimate of drug-likeness (QED) is 0.145. The van der Waals surface area contributed by atoms with Gasteiger partial charge in [-0.25, -0.2) is 9.97 Å². The molecule has 0 radical (unpaired) electrons. The van der Waals surface area contributed by atoms with Gasteiger partial charge in [-0.15, -0.1) is 0 Å². The van der Waals surface area contributed by atoms with E-state index in [0.29, 0.717) is 11.4 Å². The summed E-state index contributed by atoms with van der Waals surface area (Å²) in [5, 5.41) is 3.28. The normalized spacial score (nSPS) is 11.5. The molecule has 3 aromatic heterocycles. The average molecular weight is 944 g/mol. The van der Waals surface area contributed by atoms with E-state index in [1.54, 1.807) is 0 Å². The van der Waals surface area contributed by atoms with Crippen molar-refractivity contribution < 1.29 is 4.42 Å². The summed E-state index contributed by atoms with van der Waals surface area (Å²) >= 11 is 0. The Hall–Kier alpha value is -9.90. The van der Waals surface area contributed by atoms with E-state index in [4.69, 9.17) is 14.4 Å². The molecule has 0 fully saturated rings. The van der Waals surface area contributed by atoms with Gasteiger partial charge >= 0.3 is 0 Å². The van der Waals surface area contributed by atoms with Gasteiger partial charge < -0.3 is 8.98 Å². The summed E-state index contributed by atoms with van der Waals surface area (Å²) < 4.78 is 9.45. The van der Waals surface area contributed by atoms with E-state index in [-0.39, 0.29) is 0 Å². The summed E-state index contributed by atoms with van der Waals surface area (Å²) in [5.74, 6) is 0.635. The van der Waals surface area contributed by atoms with Gasteiger partial charge in [-0.3, -0.25) is 0 Å². The summed E-state index contributed by atoms with van der Waals surface area (Å²) in [6.45, 7) is 0. The molecule has 11 aromatic carbocycles. The van der Waals surface area contributed by atoms with Crippen LogP contribution in [0.2, 0.25) is 0 Å². The van der Waals surface area contributed by atoms with E-state index in [9.17, 15) is 0 Å². The van der Waals surface area contributed by atoms with Crippen LogP contribution in [0.3, 0.4) is 0 Å². The molecule has 4 nitrogen and oxygen atoms in total. The number of furan rings is 1. The highest BCUT2D eigenvalue weighted by Gasteiger charge is 2.29. The van der Waals surface area contributed by atoms with Crippen LogP contribution in [0.15, 0.2) is 277 Å². The summed E-state index contributed by atoms with van der Waals surface area (Å²) in [7, 11) is 0. The second-order valence-corrected chi connectivity index (χ2v) is 18.8. The fraction of sp³-hybridized carbons (Fsp3) is 0. The molecular formula is C70H45N3O. The maximum absolute atomic E-state index is 6.84. The maximum atomic E-state index is 6.84. The average Bonchev–Trinajstić information content (AvgIpc) is 4.10. The third-order valence-electron chi connectivity index (χ3n) is 14.4. The number of fused-ring (bicyclic) bond motifs is 6. The molecule has 0 bridgehead atoms. The van der Waals surface area contributed by atoms with Crippen molar-refractivity contribution in [1.82, 2.24) is 14.5 Å². The molecule has 0 aliphatic rings. The molecule has 14 rings (SSSR count). The van der Waals surface area contributed by atoms with E-state index in [1.807, 2.05) is 36.4 Å². The molecule has 0 aliphatic heterocycles. The number of hydrogen-bond donors (Lipinski definition) is 0. The van der Waals surface area contributed by atoms with Crippen molar-refractivity contribution in [3.05, 3.63) is 273 Å². The van der Waals surface area contributed by atoms with Crippen molar-refractivity contribution in [2.75, 3.05) is 0 Å². The Kier molecular flexibility index (Phi) is 10.5. The van der Waals surface area contributed by atoms with Gasteiger partial charge in [0.15, 0.2) is 11.4 Å². The molecule has 0 amide bonds. The standard InChI is InChI=1S/C70H45N3O/c1-8-24-46(25-9-1)53-42-58(49-30-14-4-15-31-49)67-61(43-53)63-55(47-26-10-2-11-27-47)40-41-56(48-28-12-3-13-29-48)68(63)73(67)66-59(50-32-16-5-17-33-50)44-54(45-60(66)51-34-18-6-19-35-51)64-69-65(57-38-22-23-39-62(57)74-69)72-70(71-64)52-36-20-7-21-37-52/h1-45H. The Morgan fingerprint density at radius 3 is 1.28 bits per heavy atom. The molecule has 0 aliphatic carbocycles. The number of nitrogens with zero attached hydrogens (tertiary/aromatic N) is 3. The minimum Gasteiger partial charge on any atom is -0.452 e. The van der Waals surface area contributed by atoms with Crippen molar-refractivity contribution in [3.63, 3.8) is 0 Å². The van der Waals surface area contributed by atoms with Crippen LogP contribution in [0.5, 0.6) is 0 Å². The van der Waals surface area contributed by atoms with Crippen LogP contribution in [0.1, 0.15) is 0 Å². The minimum atomic E-state index is 0.635. The highest BCUT2D eigenvalue weighted by molar-refractivity contribution is 6.24. The lowest BCUT2D eigenvalue weighted by molar-refractivity contribution is 0.667. The van der Waals surface area contributed by atoms with Crippen LogP contribution >= 0.6 is 0 Å². The summed E-state index contributed by atoms with van der Waals surface area (Å²) in [6, 6.07) is 97.7. The smallest absolute Gasteiger partial charge is 0.180 e. The molecule has 4 heteroatoms. The van der Waals surface area contributed by atoms with Gasteiger partial charge in [-0.05, 0) is 80.9 Å². The first-order valence-corrected chi connectivity index (χ1v) is 25.1. The van der Waals surface area contributed by atoms with Gasteiger partial charge in [0.25, 0.3) is 0 Å². The molecular weight excluding hydrogens is 899 g/mol. The summed E-state index contributed by atoms with van der Waals surface area (Å²) in [5.41, 5.74) is 21.4. The van der Waals surface area contributed by atoms with Gasteiger partial charge in [0.1, 0.15) is 16.8 Å². The van der Waals surface area contributed by atoms with Crippen molar-refractivity contribution in [1.29, 1.82) is 0 Å². The van der Waals surface area contributed by atoms with Gasteiger partial charge in [-0.1, -0.05) is 237 Å². The minimum absolute atomic E-state index is 0.635. The maximum Gasteiger partial charge on any atom is 0.180 e. The van der Waals surface area contributed by atoms with Crippen LogP contribution in [-0.4, -0.2) is 14.5 Å². The lowest BCUT2D eigenvalue weighted by atomic mass is 9.91. The van der Waals surface area contributed by atoms with Gasteiger partial charge in [0, 0.05) is 49.5 Å². The molecule has 0 saturated carbocycles. The number of rotatable bonds is 9. The van der Waals surface area contributed by atoms with Crippen LogP contribution in [0.4, 0.5) is 0 Å². The Balaban J connectivity index is 1.21. The molecule has 0 saturated heterocycles. The largest absolute Gasteiger partial charge is 0.452 e. The summed E-state index contributed by atoms with van der Waals surface area (Å²) in [4.78, 5) is 10.7. The fourth-order valence-corrected chi connectivity index (χ4v) is 11.0. The third kappa shape index (κ3) is 7.31. The second kappa shape index (κ2) is 18.1. The monoisotopic (exact) mass is 943 g/mol. The third-order valence-corrected chi connectivity index (χ3v) is 14.4. The first kappa shape index (κ1) is 42.9. The first-order valence-electron chi connectivity index (χ1n) is 25.1. The van der Waals surface area contributed by atoms with Crippen molar-refractivity contribution in [2.45, 2.75) is 0 Å². The highest BCUT2D eigenvalue weighted by atomic mass is 16.3. The zero-order valence-electron chi connectivity index (χ0n) is 40.2. The zero-order valence-corrected chi connectivity index (χ0v) is 40.2. The van der Waals surface area contributed by atoms with E-state index in [0.717, 1.165) is 122 Å². The molecule has 74 heavy (non-hydrogen) atoms. The van der Waals surface area contributed by atoms with Crippen molar-refractivity contribution >= 4 is 43.9 Å². The lowest BCUT2D eigenvalue weighted by Gasteiger charge is -2.23. The SMILES string of the molecule is c1ccc(-c2cc(-c3ccccc3)c3c(c2)c2c(-c4ccccc4)ccc(-c4ccccc4)c2n3-c2c(-c3ccccc3)cc(-c3nc(-c4ccccc4)nc4c3oc3ccccc34)cc2-c2ccccc2)cc1. The lowest BCUT2D eigenvalue weighted by Crippen LogP contribution is -2.04. The van der Waals surface area contributed by atoms with Gasteiger partial charge in [0.05, 0.1) is 16.7 Å². The molecule has 0 unspecified atom stereocenters. The second-order valence-electron chi connectivity index (χ2n) is 18.8. The van der Waals surface area contributed by atoms with Crippen LogP contribution in [0, 0.1) is 0 Å². The predicted molar refractivity (Wildman–Crippen MR) is 307 cm³/mol. The topological polar surface area (TPSA) is 43.9 Å². The van der Waals surface area contributed by atoms with Crippen molar-refractivity contribution in [2.24, 2.45) is 0 Å². The molecule has 3 heterocycles. The number of para-hydroxylation sites is 1. The molecule has 0 atom stereocenters. The van der Waals surface area contributed by atoms with E-state index in [1.165, 1.54) is 5.39 Å². The van der Waals surface area contributed by atoms with E-state index in [2.05, 4.69) is 241 Å². The summed E-state index contributed by atoms with van der Waals surface area (Å²) in [6.07, 6.45) is 0. The molecule has 346 valence electrons. The van der Waals surface area contributed by atoms with Crippen LogP contribution in [-0.2, 0) is 0 Å². The van der Waals surface area contributed by atoms with Crippen LogP contribution in [0.25, 0.3) is 139 Å². The predicted octanol–water partition coefficient (Wildman–Crippen LogP) is 18.8. The fourth-order valence-electron chi connectivity index (χ4n) is 11.0. The number of aromatic nitrogens is 3. The van der Waals surface area contributed by atoms with Crippen LogP contribution < -0.4 is 0 Å². The van der Waals surface area contributed by atoms with Crippen molar-refractivity contribution in [3.8, 4) is 95.1 Å². The Labute approximate surface area is 428 Å². The molecule has 0 spiro atoms. The van der Waals surface area contributed by atoms with E-state index < -0.39 is 0 Å².